The minimum Gasteiger partial charge on any atom is -0.365 e. The second kappa shape index (κ2) is 5.84. The van der Waals surface area contributed by atoms with Crippen molar-refractivity contribution >= 4 is 27.4 Å². The fraction of sp³-hybridized carbons (Fsp3) is 0.571. The van der Waals surface area contributed by atoms with Crippen LogP contribution in [0.3, 0.4) is 0 Å². The maximum Gasteiger partial charge on any atom is 0.138 e. The molecule has 0 saturated carbocycles. The molecule has 1 atom stereocenters. The van der Waals surface area contributed by atoms with E-state index in [1.165, 1.54) is 29.5 Å². The zero-order chi connectivity index (χ0) is 13.1. The molecule has 2 aromatic rings. The quantitative estimate of drug-likeness (QED) is 0.905. The number of fused-ring (bicyclic) bond motifs is 1. The molecule has 0 amide bonds. The first-order valence-corrected chi connectivity index (χ1v) is 7.89. The molecular formula is C14H20N4S. The Kier molecular flexibility index (Phi) is 3.94. The van der Waals surface area contributed by atoms with Gasteiger partial charge in [-0.05, 0) is 31.9 Å². The van der Waals surface area contributed by atoms with Crippen LogP contribution in [-0.4, -0.2) is 29.1 Å². The van der Waals surface area contributed by atoms with Crippen LogP contribution in [-0.2, 0) is 6.42 Å². The Morgan fingerprint density at radius 2 is 2.37 bits per heavy atom. The Balaban J connectivity index is 1.84. The molecule has 0 bridgehead atoms. The normalized spacial score (nSPS) is 20.4. The Morgan fingerprint density at radius 1 is 1.42 bits per heavy atom. The van der Waals surface area contributed by atoms with Crippen LogP contribution in [0.25, 0.3) is 10.2 Å². The fourth-order valence-corrected chi connectivity index (χ4v) is 3.47. The van der Waals surface area contributed by atoms with Crippen LogP contribution >= 0.6 is 11.3 Å². The van der Waals surface area contributed by atoms with Crippen LogP contribution in [0.4, 0.5) is 5.82 Å². The van der Waals surface area contributed by atoms with Crippen molar-refractivity contribution in [2.75, 3.05) is 18.4 Å². The highest BCUT2D eigenvalue weighted by Gasteiger charge is 2.14. The third kappa shape index (κ3) is 2.87. The summed E-state index contributed by atoms with van der Waals surface area (Å²) in [5.74, 6) is 0.995. The van der Waals surface area contributed by atoms with E-state index in [1.54, 1.807) is 17.7 Å². The zero-order valence-electron chi connectivity index (χ0n) is 11.3. The molecule has 2 aromatic heterocycles. The van der Waals surface area contributed by atoms with Gasteiger partial charge < -0.3 is 10.6 Å². The van der Waals surface area contributed by atoms with Gasteiger partial charge in [0, 0.05) is 17.5 Å². The summed E-state index contributed by atoms with van der Waals surface area (Å²) >= 11 is 1.77. The molecule has 0 aromatic carbocycles. The van der Waals surface area contributed by atoms with Crippen molar-refractivity contribution < 1.29 is 0 Å². The molecule has 102 valence electrons. The lowest BCUT2D eigenvalue weighted by molar-refractivity contribution is 0.634. The van der Waals surface area contributed by atoms with Crippen molar-refractivity contribution in [1.82, 2.24) is 15.3 Å². The number of nitrogens with zero attached hydrogens (tertiary/aromatic N) is 2. The van der Waals surface area contributed by atoms with Gasteiger partial charge in [-0.15, -0.1) is 11.3 Å². The summed E-state index contributed by atoms with van der Waals surface area (Å²) in [4.78, 5) is 11.3. The topological polar surface area (TPSA) is 49.8 Å². The Labute approximate surface area is 117 Å². The molecule has 2 N–H and O–H groups in total. The molecular weight excluding hydrogens is 256 g/mol. The lowest BCUT2D eigenvalue weighted by atomic mass is 10.1. The van der Waals surface area contributed by atoms with Crippen molar-refractivity contribution in [2.24, 2.45) is 0 Å². The molecule has 1 saturated heterocycles. The van der Waals surface area contributed by atoms with E-state index < -0.39 is 0 Å². The Hall–Kier alpha value is -1.20. The van der Waals surface area contributed by atoms with Gasteiger partial charge in [0.15, 0.2) is 0 Å². The molecule has 19 heavy (non-hydrogen) atoms. The molecule has 1 aliphatic heterocycles. The number of aromatic nitrogens is 2. The van der Waals surface area contributed by atoms with E-state index in [-0.39, 0.29) is 0 Å². The van der Waals surface area contributed by atoms with Gasteiger partial charge in [-0.1, -0.05) is 13.3 Å². The van der Waals surface area contributed by atoms with E-state index in [4.69, 9.17) is 0 Å². The maximum atomic E-state index is 4.44. The zero-order valence-corrected chi connectivity index (χ0v) is 12.1. The average Bonchev–Trinajstić information content (AvgIpc) is 2.70. The van der Waals surface area contributed by atoms with E-state index in [2.05, 4.69) is 33.6 Å². The summed E-state index contributed by atoms with van der Waals surface area (Å²) in [6, 6.07) is 2.71. The molecule has 5 heteroatoms. The molecule has 0 aliphatic carbocycles. The van der Waals surface area contributed by atoms with E-state index >= 15 is 0 Å². The van der Waals surface area contributed by atoms with Crippen LogP contribution in [0.1, 0.15) is 31.1 Å². The molecule has 4 nitrogen and oxygen atoms in total. The molecule has 1 aliphatic rings. The number of hydrogen-bond acceptors (Lipinski definition) is 5. The smallest absolute Gasteiger partial charge is 0.138 e. The third-order valence-corrected chi connectivity index (χ3v) is 4.80. The van der Waals surface area contributed by atoms with Crippen LogP contribution < -0.4 is 10.6 Å². The highest BCUT2D eigenvalue weighted by atomic mass is 32.1. The van der Waals surface area contributed by atoms with Gasteiger partial charge >= 0.3 is 0 Å². The second-order valence-corrected chi connectivity index (χ2v) is 6.16. The van der Waals surface area contributed by atoms with Crippen molar-refractivity contribution in [2.45, 2.75) is 38.6 Å². The maximum absolute atomic E-state index is 4.44. The van der Waals surface area contributed by atoms with Crippen LogP contribution in [0.5, 0.6) is 0 Å². The molecule has 0 radical (unpaired) electrons. The molecule has 0 spiro atoms. The lowest BCUT2D eigenvalue weighted by Gasteiger charge is -2.17. The summed E-state index contributed by atoms with van der Waals surface area (Å²) in [6.45, 7) is 4.34. The number of rotatable bonds is 3. The van der Waals surface area contributed by atoms with Gasteiger partial charge in [0.2, 0.25) is 0 Å². The fourth-order valence-electron chi connectivity index (χ4n) is 2.53. The predicted octanol–water partition coefficient (Wildman–Crippen LogP) is 2.81. The van der Waals surface area contributed by atoms with Gasteiger partial charge in [-0.2, -0.15) is 0 Å². The average molecular weight is 276 g/mol. The second-order valence-electron chi connectivity index (χ2n) is 5.05. The monoisotopic (exact) mass is 276 g/mol. The Morgan fingerprint density at radius 3 is 3.26 bits per heavy atom. The first-order valence-electron chi connectivity index (χ1n) is 7.07. The highest BCUT2D eigenvalue weighted by molar-refractivity contribution is 7.18. The number of aryl methyl sites for hydroxylation is 1. The largest absolute Gasteiger partial charge is 0.365 e. The highest BCUT2D eigenvalue weighted by Crippen LogP contribution is 2.29. The predicted molar refractivity (Wildman–Crippen MR) is 80.9 cm³/mol. The van der Waals surface area contributed by atoms with Gasteiger partial charge in [-0.25, -0.2) is 9.97 Å². The van der Waals surface area contributed by atoms with E-state index in [1.807, 2.05) is 0 Å². The summed E-state index contributed by atoms with van der Waals surface area (Å²) < 4.78 is 0. The number of nitrogens with one attached hydrogen (secondary N) is 2. The number of hydrogen-bond donors (Lipinski definition) is 2. The van der Waals surface area contributed by atoms with Crippen molar-refractivity contribution in [3.05, 3.63) is 17.3 Å². The number of anilines is 1. The minimum absolute atomic E-state index is 0.477. The summed E-state index contributed by atoms with van der Waals surface area (Å²) in [6.07, 6.45) is 6.50. The first-order chi connectivity index (χ1) is 9.36. The number of thiophene rings is 1. The van der Waals surface area contributed by atoms with Gasteiger partial charge in [0.05, 0.1) is 5.39 Å². The third-order valence-electron chi connectivity index (χ3n) is 3.62. The molecule has 3 heterocycles. The first kappa shape index (κ1) is 12.8. The minimum atomic E-state index is 0.477. The van der Waals surface area contributed by atoms with E-state index in [9.17, 15) is 0 Å². The van der Waals surface area contributed by atoms with Crippen molar-refractivity contribution in [1.29, 1.82) is 0 Å². The summed E-state index contributed by atoms with van der Waals surface area (Å²) in [5, 5.41) is 8.25. The van der Waals surface area contributed by atoms with Crippen LogP contribution in [0.2, 0.25) is 0 Å². The molecule has 3 rings (SSSR count). The SMILES string of the molecule is CCc1cc2c(NC3CCCCNC3)ncnc2s1. The van der Waals surface area contributed by atoms with Gasteiger partial charge in [0.25, 0.3) is 0 Å². The van der Waals surface area contributed by atoms with E-state index in [0.717, 1.165) is 30.2 Å². The summed E-state index contributed by atoms with van der Waals surface area (Å²) in [7, 11) is 0. The standard InChI is InChI=1S/C14H20N4S/c1-2-11-7-12-13(16-9-17-14(12)19-11)18-10-5-3-4-6-15-8-10/h7,9-10,15H,2-6,8H2,1H3,(H,16,17,18). The van der Waals surface area contributed by atoms with Gasteiger partial charge in [0.1, 0.15) is 17.0 Å². The van der Waals surface area contributed by atoms with E-state index in [0.29, 0.717) is 6.04 Å². The lowest BCUT2D eigenvalue weighted by Crippen LogP contribution is -2.31. The van der Waals surface area contributed by atoms with Crippen LogP contribution in [0.15, 0.2) is 12.4 Å². The van der Waals surface area contributed by atoms with Crippen molar-refractivity contribution in [3.8, 4) is 0 Å². The summed E-state index contributed by atoms with van der Waals surface area (Å²) in [5.41, 5.74) is 0. The molecule has 1 fully saturated rings. The van der Waals surface area contributed by atoms with Gasteiger partial charge in [-0.3, -0.25) is 0 Å². The van der Waals surface area contributed by atoms with Crippen LogP contribution in [0, 0.1) is 0 Å². The Bertz CT molecular complexity index is 543. The van der Waals surface area contributed by atoms with Crippen molar-refractivity contribution in [3.63, 3.8) is 0 Å². The molecule has 1 unspecified atom stereocenters.